The zero-order valence-electron chi connectivity index (χ0n) is 14.8. The number of hydrogen-bond donors (Lipinski definition) is 0. The summed E-state index contributed by atoms with van der Waals surface area (Å²) in [5, 5.41) is 1.01. The highest BCUT2D eigenvalue weighted by Crippen LogP contribution is 2.30. The number of aromatic nitrogens is 1. The molecule has 3 rings (SSSR count). The van der Waals surface area contributed by atoms with Gasteiger partial charge in [0.15, 0.2) is 5.13 Å². The Bertz CT molecular complexity index is 689. The standard InChI is InChI=1S/C18H25N3O2S/c1-18(2,3)23-17(22)21-11-7-8-13(12-21)20(4)16-19-14-9-5-6-10-15(14)24-16/h5-6,9-10,13H,7-8,11-12H2,1-4H3. The Morgan fingerprint density at radius 3 is 2.83 bits per heavy atom. The number of anilines is 1. The molecule has 1 saturated heterocycles. The summed E-state index contributed by atoms with van der Waals surface area (Å²) in [7, 11) is 2.07. The second-order valence-corrected chi connectivity index (χ2v) is 8.31. The van der Waals surface area contributed by atoms with Gasteiger partial charge in [0.25, 0.3) is 0 Å². The highest BCUT2D eigenvalue weighted by molar-refractivity contribution is 7.22. The van der Waals surface area contributed by atoms with Crippen molar-refractivity contribution in [1.29, 1.82) is 0 Å². The zero-order chi connectivity index (χ0) is 17.3. The lowest BCUT2D eigenvalue weighted by atomic mass is 10.1. The lowest BCUT2D eigenvalue weighted by molar-refractivity contribution is 0.0199. The van der Waals surface area contributed by atoms with Crippen molar-refractivity contribution in [1.82, 2.24) is 9.88 Å². The number of carbonyl (C=O) groups is 1. The number of likely N-dealkylation sites (N-methyl/N-ethyl adjacent to an activating group) is 1. The molecule has 130 valence electrons. The number of fused-ring (bicyclic) bond motifs is 1. The molecule has 0 bridgehead atoms. The normalized spacial score (nSPS) is 18.7. The summed E-state index contributed by atoms with van der Waals surface area (Å²) < 4.78 is 6.71. The number of rotatable bonds is 2. The minimum atomic E-state index is -0.455. The molecule has 0 spiro atoms. The maximum absolute atomic E-state index is 12.3. The van der Waals surface area contributed by atoms with Crippen LogP contribution in [0, 0.1) is 0 Å². The quantitative estimate of drug-likeness (QED) is 0.819. The first kappa shape index (κ1) is 17.0. The lowest BCUT2D eigenvalue weighted by Crippen LogP contribution is -2.50. The number of nitrogens with zero attached hydrogens (tertiary/aromatic N) is 3. The average molecular weight is 347 g/mol. The fourth-order valence-electron chi connectivity index (χ4n) is 2.93. The second-order valence-electron chi connectivity index (χ2n) is 7.30. The molecule has 1 aromatic heterocycles. The lowest BCUT2D eigenvalue weighted by Gasteiger charge is -2.38. The van der Waals surface area contributed by atoms with Gasteiger partial charge in [0.2, 0.25) is 0 Å². The van der Waals surface area contributed by atoms with Crippen molar-refractivity contribution in [2.75, 3.05) is 25.0 Å². The van der Waals surface area contributed by atoms with Gasteiger partial charge < -0.3 is 14.5 Å². The molecule has 1 aliphatic heterocycles. The Morgan fingerprint density at radius 1 is 1.38 bits per heavy atom. The van der Waals surface area contributed by atoms with Gasteiger partial charge >= 0.3 is 6.09 Å². The SMILES string of the molecule is CN(c1nc2ccccc2s1)C1CCCN(C(=O)OC(C)(C)C)C1. The van der Waals surface area contributed by atoms with Gasteiger partial charge in [-0.05, 0) is 45.7 Å². The van der Waals surface area contributed by atoms with Crippen molar-refractivity contribution in [2.24, 2.45) is 0 Å². The first-order chi connectivity index (χ1) is 11.3. The van der Waals surface area contributed by atoms with E-state index in [1.807, 2.05) is 43.9 Å². The van der Waals surface area contributed by atoms with E-state index in [1.54, 1.807) is 11.3 Å². The van der Waals surface area contributed by atoms with Gasteiger partial charge in [-0.25, -0.2) is 9.78 Å². The van der Waals surface area contributed by atoms with Crippen LogP contribution in [0.2, 0.25) is 0 Å². The molecule has 0 radical (unpaired) electrons. The molecule has 1 unspecified atom stereocenters. The first-order valence-corrected chi connectivity index (χ1v) is 9.21. The summed E-state index contributed by atoms with van der Waals surface area (Å²) in [6, 6.07) is 8.45. The van der Waals surface area contributed by atoms with Crippen molar-refractivity contribution >= 4 is 32.8 Å². The van der Waals surface area contributed by atoms with Crippen LogP contribution in [0.1, 0.15) is 33.6 Å². The summed E-state index contributed by atoms with van der Waals surface area (Å²) in [4.78, 5) is 21.1. The minimum Gasteiger partial charge on any atom is -0.444 e. The molecular weight excluding hydrogens is 322 g/mol. The highest BCUT2D eigenvalue weighted by atomic mass is 32.1. The molecule has 0 N–H and O–H groups in total. The van der Waals surface area contributed by atoms with Crippen LogP contribution in [0.15, 0.2) is 24.3 Å². The third-order valence-corrected chi connectivity index (χ3v) is 5.31. The van der Waals surface area contributed by atoms with Crippen LogP contribution in [-0.2, 0) is 4.74 Å². The van der Waals surface area contributed by atoms with E-state index in [9.17, 15) is 4.79 Å². The molecule has 24 heavy (non-hydrogen) atoms. The topological polar surface area (TPSA) is 45.7 Å². The Balaban J connectivity index is 1.70. The molecule has 6 heteroatoms. The van der Waals surface area contributed by atoms with Gasteiger partial charge in [0, 0.05) is 26.2 Å². The van der Waals surface area contributed by atoms with Gasteiger partial charge in [-0.3, -0.25) is 0 Å². The maximum Gasteiger partial charge on any atom is 0.410 e. The second kappa shape index (κ2) is 6.59. The van der Waals surface area contributed by atoms with Gasteiger partial charge in [-0.15, -0.1) is 0 Å². The maximum atomic E-state index is 12.3. The Labute approximate surface area is 147 Å². The molecule has 0 saturated carbocycles. The zero-order valence-corrected chi connectivity index (χ0v) is 15.6. The van der Waals surface area contributed by atoms with E-state index in [4.69, 9.17) is 9.72 Å². The molecule has 1 amide bonds. The molecule has 0 aliphatic carbocycles. The molecule has 5 nitrogen and oxygen atoms in total. The number of benzene rings is 1. The summed E-state index contributed by atoms with van der Waals surface area (Å²) in [6.45, 7) is 7.15. The summed E-state index contributed by atoms with van der Waals surface area (Å²) in [5.41, 5.74) is 0.576. The summed E-state index contributed by atoms with van der Waals surface area (Å²) >= 11 is 1.70. The van der Waals surface area contributed by atoms with E-state index >= 15 is 0 Å². The van der Waals surface area contributed by atoms with Crippen LogP contribution in [0.5, 0.6) is 0 Å². The number of carbonyl (C=O) groups excluding carboxylic acids is 1. The molecule has 2 heterocycles. The van der Waals surface area contributed by atoms with E-state index in [0.29, 0.717) is 6.54 Å². The molecule has 1 aromatic carbocycles. The third kappa shape index (κ3) is 3.80. The van der Waals surface area contributed by atoms with Crippen LogP contribution < -0.4 is 4.90 Å². The molecule has 1 fully saturated rings. The van der Waals surface area contributed by atoms with Crippen molar-refractivity contribution in [3.8, 4) is 0 Å². The fraction of sp³-hybridized carbons (Fsp3) is 0.556. The van der Waals surface area contributed by atoms with Crippen LogP contribution in [-0.4, -0.2) is 47.8 Å². The number of piperidine rings is 1. The monoisotopic (exact) mass is 347 g/mol. The van der Waals surface area contributed by atoms with E-state index in [-0.39, 0.29) is 12.1 Å². The first-order valence-electron chi connectivity index (χ1n) is 8.40. The Kier molecular flexibility index (Phi) is 4.67. The van der Waals surface area contributed by atoms with E-state index < -0.39 is 5.60 Å². The number of amides is 1. The smallest absolute Gasteiger partial charge is 0.410 e. The van der Waals surface area contributed by atoms with Crippen molar-refractivity contribution in [3.05, 3.63) is 24.3 Å². The number of thiazole rings is 1. The van der Waals surface area contributed by atoms with E-state index in [1.165, 1.54) is 4.70 Å². The van der Waals surface area contributed by atoms with Crippen molar-refractivity contribution in [3.63, 3.8) is 0 Å². The third-order valence-electron chi connectivity index (χ3n) is 4.18. The molecular formula is C18H25N3O2S. The van der Waals surface area contributed by atoms with Gasteiger partial charge in [-0.1, -0.05) is 23.5 Å². The fourth-order valence-corrected chi connectivity index (χ4v) is 3.93. The van der Waals surface area contributed by atoms with Crippen molar-refractivity contribution in [2.45, 2.75) is 45.3 Å². The largest absolute Gasteiger partial charge is 0.444 e. The molecule has 1 atom stereocenters. The van der Waals surface area contributed by atoms with Crippen LogP contribution in [0.3, 0.4) is 0 Å². The summed E-state index contributed by atoms with van der Waals surface area (Å²) in [6.07, 6.45) is 1.83. The number of ether oxygens (including phenoxy) is 1. The number of para-hydroxylation sites is 1. The van der Waals surface area contributed by atoms with Gasteiger partial charge in [-0.2, -0.15) is 0 Å². The predicted octanol–water partition coefficient (Wildman–Crippen LogP) is 4.13. The number of hydrogen-bond acceptors (Lipinski definition) is 5. The predicted molar refractivity (Wildman–Crippen MR) is 98.9 cm³/mol. The van der Waals surface area contributed by atoms with Crippen molar-refractivity contribution < 1.29 is 9.53 Å². The minimum absolute atomic E-state index is 0.218. The summed E-state index contributed by atoms with van der Waals surface area (Å²) in [5.74, 6) is 0. The number of likely N-dealkylation sites (tertiary alicyclic amines) is 1. The highest BCUT2D eigenvalue weighted by Gasteiger charge is 2.30. The van der Waals surface area contributed by atoms with E-state index in [2.05, 4.69) is 18.0 Å². The molecule has 2 aromatic rings. The average Bonchev–Trinajstić information content (AvgIpc) is 2.96. The van der Waals surface area contributed by atoms with Crippen LogP contribution in [0.25, 0.3) is 10.2 Å². The Hall–Kier alpha value is -1.82. The van der Waals surface area contributed by atoms with E-state index in [0.717, 1.165) is 30.0 Å². The van der Waals surface area contributed by atoms with Crippen LogP contribution in [0.4, 0.5) is 9.93 Å². The van der Waals surface area contributed by atoms with Gasteiger partial charge in [0.1, 0.15) is 5.60 Å². The Morgan fingerprint density at radius 2 is 2.12 bits per heavy atom. The van der Waals surface area contributed by atoms with Crippen LogP contribution >= 0.6 is 11.3 Å². The molecule has 1 aliphatic rings. The van der Waals surface area contributed by atoms with Gasteiger partial charge in [0.05, 0.1) is 10.2 Å².